The molecule has 0 saturated carbocycles. The summed E-state index contributed by atoms with van der Waals surface area (Å²) in [4.78, 5) is 10.4. The summed E-state index contributed by atoms with van der Waals surface area (Å²) < 4.78 is 0. The molecule has 0 aliphatic carbocycles. The van der Waals surface area contributed by atoms with E-state index < -0.39 is 0 Å². The molecule has 1 aromatic carbocycles. The molecule has 0 aliphatic heterocycles. The highest BCUT2D eigenvalue weighted by Crippen LogP contribution is 2.19. The van der Waals surface area contributed by atoms with Gasteiger partial charge in [0.2, 0.25) is 6.29 Å². The molecule has 0 bridgehead atoms. The van der Waals surface area contributed by atoms with Crippen LogP contribution in [0.5, 0.6) is 5.75 Å². The molecule has 1 N–H and O–H groups in total. The van der Waals surface area contributed by atoms with Gasteiger partial charge in [-0.15, -0.1) is 0 Å². The Morgan fingerprint density at radius 2 is 2.00 bits per heavy atom. The lowest BCUT2D eigenvalue weighted by Gasteiger charge is -2.05. The monoisotopic (exact) mass is 163 g/mol. The van der Waals surface area contributed by atoms with Crippen LogP contribution in [0.4, 0.5) is 0 Å². The molecule has 1 unspecified atom stereocenters. The number of rotatable bonds is 3. The van der Waals surface area contributed by atoms with Gasteiger partial charge in [-0.05, 0) is 24.1 Å². The maximum atomic E-state index is 10.4. The van der Waals surface area contributed by atoms with Gasteiger partial charge in [-0.1, -0.05) is 19.1 Å². The van der Waals surface area contributed by atoms with Crippen LogP contribution in [0.1, 0.15) is 24.8 Å². The van der Waals surface area contributed by atoms with Crippen LogP contribution in [0.15, 0.2) is 24.3 Å². The van der Waals surface area contributed by atoms with Crippen molar-refractivity contribution in [2.24, 2.45) is 0 Å². The molecule has 63 valence electrons. The highest BCUT2D eigenvalue weighted by Gasteiger charge is 2.07. The van der Waals surface area contributed by atoms with Crippen molar-refractivity contribution >= 4 is 6.29 Å². The first kappa shape index (κ1) is 8.78. The summed E-state index contributed by atoms with van der Waals surface area (Å²) in [7, 11) is 0. The van der Waals surface area contributed by atoms with Gasteiger partial charge in [0.15, 0.2) is 0 Å². The van der Waals surface area contributed by atoms with Crippen molar-refractivity contribution in [3.63, 3.8) is 0 Å². The molecule has 2 heteroatoms. The molecule has 0 aliphatic rings. The van der Waals surface area contributed by atoms with Crippen LogP contribution >= 0.6 is 0 Å². The normalized spacial score (nSPS) is 12.4. The van der Waals surface area contributed by atoms with E-state index in [0.29, 0.717) is 0 Å². The molecule has 0 fully saturated rings. The average molecular weight is 163 g/mol. The minimum Gasteiger partial charge on any atom is -0.508 e. The predicted molar refractivity (Wildman–Crippen MR) is 46.8 cm³/mol. The SMILES string of the molecule is CCC([C]=O)c1ccc(O)cc1. The lowest BCUT2D eigenvalue weighted by molar-refractivity contribution is 0.475. The van der Waals surface area contributed by atoms with E-state index in [1.807, 2.05) is 13.2 Å². The number of hydrogen-bond donors (Lipinski definition) is 1. The molecule has 0 aromatic heterocycles. The van der Waals surface area contributed by atoms with Crippen molar-refractivity contribution in [3.8, 4) is 5.75 Å². The van der Waals surface area contributed by atoms with Crippen LogP contribution < -0.4 is 0 Å². The van der Waals surface area contributed by atoms with Gasteiger partial charge in [-0.25, -0.2) is 0 Å². The zero-order chi connectivity index (χ0) is 8.97. The minimum absolute atomic E-state index is 0.161. The maximum absolute atomic E-state index is 10.4. The van der Waals surface area contributed by atoms with Crippen molar-refractivity contribution < 1.29 is 9.90 Å². The number of benzene rings is 1. The van der Waals surface area contributed by atoms with Crippen LogP contribution in [-0.4, -0.2) is 11.4 Å². The zero-order valence-corrected chi connectivity index (χ0v) is 6.95. The van der Waals surface area contributed by atoms with E-state index in [4.69, 9.17) is 5.11 Å². The first-order chi connectivity index (χ1) is 5.77. The van der Waals surface area contributed by atoms with Crippen LogP contribution in [-0.2, 0) is 4.79 Å². The lowest BCUT2D eigenvalue weighted by Crippen LogP contribution is -1.97. The summed E-state index contributed by atoms with van der Waals surface area (Å²) in [6.45, 7) is 1.93. The minimum atomic E-state index is -0.161. The van der Waals surface area contributed by atoms with Crippen molar-refractivity contribution in [3.05, 3.63) is 29.8 Å². The Hall–Kier alpha value is -1.31. The predicted octanol–water partition coefficient (Wildman–Crippen LogP) is 2.00. The van der Waals surface area contributed by atoms with Crippen molar-refractivity contribution in [1.29, 1.82) is 0 Å². The Bertz CT molecular complexity index is 251. The van der Waals surface area contributed by atoms with Crippen molar-refractivity contribution in [2.75, 3.05) is 0 Å². The Balaban J connectivity index is 2.87. The van der Waals surface area contributed by atoms with Crippen LogP contribution in [0.25, 0.3) is 0 Å². The largest absolute Gasteiger partial charge is 0.508 e. The number of aromatic hydroxyl groups is 1. The quantitative estimate of drug-likeness (QED) is 0.739. The standard InChI is InChI=1S/C10H11O2/c1-2-8(7-11)9-3-5-10(12)6-4-9/h3-6,8,12H,2H2,1H3. The van der Waals surface area contributed by atoms with E-state index in [-0.39, 0.29) is 11.7 Å². The number of hydrogen-bond acceptors (Lipinski definition) is 2. The molecule has 1 rings (SSSR count). The average Bonchev–Trinajstić information content (AvgIpc) is 2.10. The van der Waals surface area contributed by atoms with E-state index in [0.717, 1.165) is 12.0 Å². The first-order valence-electron chi connectivity index (χ1n) is 3.94. The van der Waals surface area contributed by atoms with E-state index in [1.54, 1.807) is 24.3 Å². The smallest absolute Gasteiger partial charge is 0.206 e. The Morgan fingerprint density at radius 1 is 1.42 bits per heavy atom. The van der Waals surface area contributed by atoms with E-state index in [9.17, 15) is 4.79 Å². The van der Waals surface area contributed by atoms with Gasteiger partial charge in [-0.2, -0.15) is 0 Å². The Morgan fingerprint density at radius 3 is 2.42 bits per heavy atom. The summed E-state index contributed by atoms with van der Waals surface area (Å²) in [6.07, 6.45) is 2.70. The van der Waals surface area contributed by atoms with Gasteiger partial charge in [0, 0.05) is 0 Å². The van der Waals surface area contributed by atoms with E-state index in [1.165, 1.54) is 0 Å². The van der Waals surface area contributed by atoms with Gasteiger partial charge >= 0.3 is 0 Å². The highest BCUT2D eigenvalue weighted by atomic mass is 16.3. The Kier molecular flexibility index (Phi) is 2.86. The second-order valence-corrected chi connectivity index (χ2v) is 2.67. The van der Waals surface area contributed by atoms with Crippen LogP contribution in [0.3, 0.4) is 0 Å². The third-order valence-electron chi connectivity index (χ3n) is 1.85. The molecule has 12 heavy (non-hydrogen) atoms. The van der Waals surface area contributed by atoms with Gasteiger partial charge in [0.05, 0.1) is 5.92 Å². The lowest BCUT2D eigenvalue weighted by atomic mass is 9.98. The topological polar surface area (TPSA) is 37.3 Å². The third-order valence-corrected chi connectivity index (χ3v) is 1.85. The summed E-state index contributed by atoms with van der Waals surface area (Å²) in [5.41, 5.74) is 0.908. The van der Waals surface area contributed by atoms with Crippen molar-refractivity contribution in [2.45, 2.75) is 19.3 Å². The molecular formula is C10H11O2. The summed E-state index contributed by atoms with van der Waals surface area (Å²) in [5, 5.41) is 8.99. The molecule has 2 nitrogen and oxygen atoms in total. The third kappa shape index (κ3) is 1.84. The molecule has 1 atom stereocenters. The molecule has 0 spiro atoms. The Labute approximate surface area is 71.8 Å². The summed E-state index contributed by atoms with van der Waals surface area (Å²) in [5.74, 6) is 0.0603. The molecule has 0 saturated heterocycles. The van der Waals surface area contributed by atoms with Gasteiger partial charge in [0.1, 0.15) is 5.75 Å². The zero-order valence-electron chi connectivity index (χ0n) is 6.95. The molecular weight excluding hydrogens is 152 g/mol. The van der Waals surface area contributed by atoms with Gasteiger partial charge in [0.25, 0.3) is 0 Å². The summed E-state index contributed by atoms with van der Waals surface area (Å²) in [6, 6.07) is 6.65. The fraction of sp³-hybridized carbons (Fsp3) is 0.300. The maximum Gasteiger partial charge on any atom is 0.206 e. The van der Waals surface area contributed by atoms with E-state index in [2.05, 4.69) is 0 Å². The number of phenols is 1. The second kappa shape index (κ2) is 3.90. The van der Waals surface area contributed by atoms with E-state index >= 15 is 0 Å². The fourth-order valence-electron chi connectivity index (χ4n) is 1.09. The molecule has 1 radical (unpaired) electrons. The summed E-state index contributed by atoms with van der Waals surface area (Å²) >= 11 is 0. The number of carbonyl (C=O) groups excluding carboxylic acids is 1. The molecule has 1 aromatic rings. The van der Waals surface area contributed by atoms with Gasteiger partial charge < -0.3 is 5.11 Å². The number of phenolic OH excluding ortho intramolecular Hbond substituents is 1. The van der Waals surface area contributed by atoms with Crippen molar-refractivity contribution in [1.82, 2.24) is 0 Å². The molecule has 0 heterocycles. The fourth-order valence-corrected chi connectivity index (χ4v) is 1.09. The molecule has 0 amide bonds. The first-order valence-corrected chi connectivity index (χ1v) is 3.94. The second-order valence-electron chi connectivity index (χ2n) is 2.67. The highest BCUT2D eigenvalue weighted by molar-refractivity contribution is 5.62. The van der Waals surface area contributed by atoms with Crippen LogP contribution in [0.2, 0.25) is 0 Å². The van der Waals surface area contributed by atoms with Gasteiger partial charge in [-0.3, -0.25) is 4.79 Å². The van der Waals surface area contributed by atoms with Crippen LogP contribution in [0, 0.1) is 0 Å².